The first-order valence-electron chi connectivity index (χ1n) is 8.31. The summed E-state index contributed by atoms with van der Waals surface area (Å²) in [5.41, 5.74) is 3.14. The van der Waals surface area contributed by atoms with Gasteiger partial charge in [-0.25, -0.2) is 4.98 Å². The number of nitrogens with zero attached hydrogens (tertiary/aromatic N) is 1. The highest BCUT2D eigenvalue weighted by molar-refractivity contribution is 5.27. The van der Waals surface area contributed by atoms with Gasteiger partial charge in [-0.1, -0.05) is 30.3 Å². The van der Waals surface area contributed by atoms with Crippen molar-refractivity contribution in [3.05, 3.63) is 54.1 Å². The number of hydrogen-bond acceptors (Lipinski definition) is 3. The Kier molecular flexibility index (Phi) is 3.72. The molecule has 4 rings (SSSR count). The van der Waals surface area contributed by atoms with Gasteiger partial charge in [0.05, 0.1) is 6.33 Å². The maximum absolute atomic E-state index is 4.05. The summed E-state index contributed by atoms with van der Waals surface area (Å²) in [7, 11) is 0. The number of imidazole rings is 1. The van der Waals surface area contributed by atoms with Crippen molar-refractivity contribution in [3.63, 3.8) is 0 Å². The Labute approximate surface area is 131 Å². The van der Waals surface area contributed by atoms with Gasteiger partial charge >= 0.3 is 0 Å². The van der Waals surface area contributed by atoms with Gasteiger partial charge in [-0.15, -0.1) is 0 Å². The largest absolute Gasteiger partial charge is 0.347 e. The maximum atomic E-state index is 4.05. The van der Waals surface area contributed by atoms with Gasteiger partial charge in [0.25, 0.3) is 0 Å². The van der Waals surface area contributed by atoms with Crippen LogP contribution in [0.1, 0.15) is 36.4 Å². The zero-order chi connectivity index (χ0) is 14.8. The Bertz CT molecular complexity index is 589. The molecule has 4 heteroatoms. The summed E-state index contributed by atoms with van der Waals surface area (Å²) < 4.78 is 0. The van der Waals surface area contributed by atoms with Crippen LogP contribution in [0.4, 0.5) is 0 Å². The summed E-state index contributed by atoms with van der Waals surface area (Å²) in [5, 5.41) is 7.36. The Morgan fingerprint density at radius 3 is 2.77 bits per heavy atom. The molecule has 116 valence electrons. The van der Waals surface area contributed by atoms with Gasteiger partial charge in [-0.2, -0.15) is 0 Å². The minimum Gasteiger partial charge on any atom is -0.347 e. The third-order valence-electron chi connectivity index (χ3n) is 5.08. The van der Waals surface area contributed by atoms with E-state index in [0.717, 1.165) is 31.2 Å². The first-order valence-corrected chi connectivity index (χ1v) is 8.31. The van der Waals surface area contributed by atoms with Crippen molar-refractivity contribution < 1.29 is 0 Å². The van der Waals surface area contributed by atoms with Crippen molar-refractivity contribution in [1.29, 1.82) is 0 Å². The predicted molar refractivity (Wildman–Crippen MR) is 87.6 cm³/mol. The van der Waals surface area contributed by atoms with Crippen LogP contribution in [0.2, 0.25) is 0 Å². The fourth-order valence-electron chi connectivity index (χ4n) is 3.27. The number of rotatable bonds is 8. The number of benzene rings is 1. The lowest BCUT2D eigenvalue weighted by atomic mass is 10.1. The van der Waals surface area contributed by atoms with Crippen LogP contribution < -0.4 is 10.6 Å². The van der Waals surface area contributed by atoms with E-state index in [1.165, 1.54) is 24.8 Å². The highest BCUT2D eigenvalue weighted by Crippen LogP contribution is 2.46. The van der Waals surface area contributed by atoms with E-state index >= 15 is 0 Å². The highest BCUT2D eigenvalue weighted by atomic mass is 15.0. The Morgan fingerprint density at radius 2 is 2.05 bits per heavy atom. The standard InChI is InChI=1S/C18H24N4/c1-2-4-14(5-3-1)16-8-17(16)21-12-18(6-7-18)11-19-9-15-10-20-13-22-15/h1-5,10,13,16-17,19,21H,6-9,11-12H2,(H,20,22)/t16-,17?/m1/s1. The second kappa shape index (κ2) is 5.86. The van der Waals surface area contributed by atoms with Crippen LogP contribution in [0.3, 0.4) is 0 Å². The zero-order valence-corrected chi connectivity index (χ0v) is 12.9. The van der Waals surface area contributed by atoms with Crippen LogP contribution in [0.5, 0.6) is 0 Å². The summed E-state index contributed by atoms with van der Waals surface area (Å²) in [6, 6.07) is 11.6. The van der Waals surface area contributed by atoms with Gasteiger partial charge in [-0.05, 0) is 30.2 Å². The Morgan fingerprint density at radius 1 is 1.18 bits per heavy atom. The third kappa shape index (κ3) is 3.23. The lowest BCUT2D eigenvalue weighted by molar-refractivity contribution is 0.419. The van der Waals surface area contributed by atoms with Gasteiger partial charge in [0.1, 0.15) is 0 Å². The van der Waals surface area contributed by atoms with Crippen molar-refractivity contribution in [2.75, 3.05) is 13.1 Å². The molecular weight excluding hydrogens is 272 g/mol. The summed E-state index contributed by atoms with van der Waals surface area (Å²) in [6.07, 6.45) is 7.61. The van der Waals surface area contributed by atoms with Crippen molar-refractivity contribution in [3.8, 4) is 0 Å². The molecule has 0 saturated heterocycles. The molecule has 2 aliphatic rings. The second-order valence-electron chi connectivity index (χ2n) is 6.92. The van der Waals surface area contributed by atoms with Gasteiger partial charge in [0.2, 0.25) is 0 Å². The molecule has 4 nitrogen and oxygen atoms in total. The van der Waals surface area contributed by atoms with Crippen molar-refractivity contribution in [1.82, 2.24) is 20.6 Å². The molecular formula is C18H24N4. The molecule has 2 fully saturated rings. The molecule has 2 saturated carbocycles. The molecule has 2 atom stereocenters. The summed E-state index contributed by atoms with van der Waals surface area (Å²) in [4.78, 5) is 7.19. The Hall–Kier alpha value is -1.65. The molecule has 0 aliphatic heterocycles. The normalized spacial score (nSPS) is 25.1. The molecule has 3 N–H and O–H groups in total. The van der Waals surface area contributed by atoms with Crippen molar-refractivity contribution >= 4 is 0 Å². The molecule has 0 spiro atoms. The predicted octanol–water partition coefficient (Wildman–Crippen LogP) is 2.43. The van der Waals surface area contributed by atoms with Crippen LogP contribution >= 0.6 is 0 Å². The average molecular weight is 296 g/mol. The van der Waals surface area contributed by atoms with E-state index in [4.69, 9.17) is 0 Å². The molecule has 0 radical (unpaired) electrons. The van der Waals surface area contributed by atoms with Gasteiger partial charge < -0.3 is 15.6 Å². The van der Waals surface area contributed by atoms with Crippen LogP contribution in [0.25, 0.3) is 0 Å². The zero-order valence-electron chi connectivity index (χ0n) is 12.9. The minimum atomic E-state index is 0.490. The minimum absolute atomic E-state index is 0.490. The molecule has 1 aromatic heterocycles. The highest BCUT2D eigenvalue weighted by Gasteiger charge is 2.45. The molecule has 0 bridgehead atoms. The Balaban J connectivity index is 1.20. The fraction of sp³-hybridized carbons (Fsp3) is 0.500. The molecule has 22 heavy (non-hydrogen) atoms. The first-order chi connectivity index (χ1) is 10.8. The van der Waals surface area contributed by atoms with Crippen molar-refractivity contribution in [2.45, 2.75) is 37.8 Å². The quantitative estimate of drug-likeness (QED) is 0.701. The number of hydrogen-bond donors (Lipinski definition) is 3. The molecule has 0 amide bonds. The summed E-state index contributed by atoms with van der Waals surface area (Å²) >= 11 is 0. The lowest BCUT2D eigenvalue weighted by Crippen LogP contribution is -2.34. The van der Waals surface area contributed by atoms with E-state index in [1.54, 1.807) is 6.33 Å². The smallest absolute Gasteiger partial charge is 0.0922 e. The third-order valence-corrected chi connectivity index (χ3v) is 5.08. The topological polar surface area (TPSA) is 52.7 Å². The summed E-state index contributed by atoms with van der Waals surface area (Å²) in [6.45, 7) is 3.14. The van der Waals surface area contributed by atoms with Crippen molar-refractivity contribution in [2.24, 2.45) is 5.41 Å². The SMILES string of the molecule is c1ccc([C@H]2CC2NCC2(CNCc3cnc[nH]3)CC2)cc1. The number of aromatic nitrogens is 2. The lowest BCUT2D eigenvalue weighted by Gasteiger charge is -2.17. The van der Waals surface area contributed by atoms with Crippen LogP contribution in [0, 0.1) is 5.41 Å². The molecule has 1 unspecified atom stereocenters. The monoisotopic (exact) mass is 296 g/mol. The summed E-state index contributed by atoms with van der Waals surface area (Å²) in [5.74, 6) is 0.731. The first kappa shape index (κ1) is 14.0. The number of aromatic amines is 1. The number of nitrogens with one attached hydrogen (secondary N) is 3. The molecule has 2 aromatic rings. The van der Waals surface area contributed by atoms with E-state index in [2.05, 4.69) is 50.9 Å². The molecule has 2 aliphatic carbocycles. The van der Waals surface area contributed by atoms with E-state index in [9.17, 15) is 0 Å². The average Bonchev–Trinajstić information content (AvgIpc) is 3.45. The fourth-order valence-corrected chi connectivity index (χ4v) is 3.27. The van der Waals surface area contributed by atoms with Crippen LogP contribution in [-0.4, -0.2) is 29.1 Å². The molecule has 1 aromatic carbocycles. The van der Waals surface area contributed by atoms with E-state index in [0.29, 0.717) is 11.5 Å². The van der Waals surface area contributed by atoms with E-state index < -0.39 is 0 Å². The maximum Gasteiger partial charge on any atom is 0.0922 e. The van der Waals surface area contributed by atoms with Crippen LogP contribution in [-0.2, 0) is 6.54 Å². The van der Waals surface area contributed by atoms with Gasteiger partial charge in [0, 0.05) is 43.5 Å². The van der Waals surface area contributed by atoms with E-state index in [1.807, 2.05) is 6.20 Å². The van der Waals surface area contributed by atoms with Gasteiger partial charge in [-0.3, -0.25) is 0 Å². The van der Waals surface area contributed by atoms with E-state index in [-0.39, 0.29) is 0 Å². The second-order valence-corrected chi connectivity index (χ2v) is 6.92. The van der Waals surface area contributed by atoms with Gasteiger partial charge in [0.15, 0.2) is 0 Å². The van der Waals surface area contributed by atoms with Crippen LogP contribution in [0.15, 0.2) is 42.9 Å². The molecule has 1 heterocycles. The number of H-pyrrole nitrogens is 1.